The highest BCUT2D eigenvalue weighted by atomic mass is 79.9. The second kappa shape index (κ2) is 7.28. The molecule has 26 heavy (non-hydrogen) atoms. The van der Waals surface area contributed by atoms with Crippen molar-refractivity contribution in [3.8, 4) is 6.07 Å². The Morgan fingerprint density at radius 2 is 2.04 bits per heavy atom. The third-order valence-electron chi connectivity index (χ3n) is 4.26. The number of rotatable bonds is 3. The van der Waals surface area contributed by atoms with E-state index in [1.165, 1.54) is 5.69 Å². The molecule has 0 aliphatic carbocycles. The molecule has 1 saturated heterocycles. The van der Waals surface area contributed by atoms with Crippen LogP contribution in [0.2, 0.25) is 0 Å². The van der Waals surface area contributed by atoms with E-state index in [1.807, 2.05) is 24.3 Å². The summed E-state index contributed by atoms with van der Waals surface area (Å²) >= 11 is 3.39. The van der Waals surface area contributed by atoms with Gasteiger partial charge in [-0.2, -0.15) is 5.26 Å². The van der Waals surface area contributed by atoms with E-state index in [0.29, 0.717) is 17.0 Å². The van der Waals surface area contributed by atoms with Crippen LogP contribution in [0.5, 0.6) is 0 Å². The van der Waals surface area contributed by atoms with Crippen molar-refractivity contribution in [3.05, 3.63) is 52.4 Å². The number of nitrogens with zero attached hydrogens (tertiary/aromatic N) is 4. The van der Waals surface area contributed by atoms with Crippen LogP contribution in [0.3, 0.4) is 0 Å². The predicted molar refractivity (Wildman–Crippen MR) is 105 cm³/mol. The maximum Gasteiger partial charge on any atom is 0.178 e. The maximum absolute atomic E-state index is 9.55. The zero-order valence-corrected chi connectivity index (χ0v) is 15.5. The summed E-state index contributed by atoms with van der Waals surface area (Å²) in [6.45, 7) is 3.33. The lowest BCUT2D eigenvalue weighted by atomic mass is 10.1. The molecule has 0 bridgehead atoms. The highest BCUT2D eigenvalue weighted by Crippen LogP contribution is 2.22. The van der Waals surface area contributed by atoms with Gasteiger partial charge in [0.05, 0.1) is 24.3 Å². The van der Waals surface area contributed by atoms with Gasteiger partial charge in [-0.25, -0.2) is 9.97 Å². The molecule has 0 radical (unpaired) electrons. The Labute approximate surface area is 159 Å². The van der Waals surface area contributed by atoms with Crippen LogP contribution in [0.4, 0.5) is 5.69 Å². The lowest BCUT2D eigenvalue weighted by Crippen LogP contribution is -2.36. The Kier molecular flexibility index (Phi) is 4.69. The van der Waals surface area contributed by atoms with Crippen LogP contribution in [0.25, 0.3) is 22.8 Å². The molecule has 7 heteroatoms. The molecule has 3 aromatic rings. The van der Waals surface area contributed by atoms with Gasteiger partial charge >= 0.3 is 0 Å². The van der Waals surface area contributed by atoms with Crippen molar-refractivity contribution in [2.75, 3.05) is 31.2 Å². The Hall–Kier alpha value is -2.69. The number of benzene rings is 1. The molecule has 0 unspecified atom stereocenters. The first kappa shape index (κ1) is 16.8. The number of aromatic nitrogens is 3. The number of fused-ring (bicyclic) bond motifs is 1. The van der Waals surface area contributed by atoms with Crippen LogP contribution in [0, 0.1) is 11.3 Å². The average Bonchev–Trinajstić information content (AvgIpc) is 3.10. The summed E-state index contributed by atoms with van der Waals surface area (Å²) in [5.74, 6) is 0.519. The van der Waals surface area contributed by atoms with Crippen molar-refractivity contribution in [2.24, 2.45) is 0 Å². The van der Waals surface area contributed by atoms with E-state index in [0.717, 1.165) is 41.9 Å². The molecule has 0 spiro atoms. The van der Waals surface area contributed by atoms with Crippen LogP contribution in [0.1, 0.15) is 11.4 Å². The molecule has 130 valence electrons. The minimum atomic E-state index is 0.471. The van der Waals surface area contributed by atoms with Crippen molar-refractivity contribution >= 4 is 44.4 Å². The van der Waals surface area contributed by atoms with Crippen molar-refractivity contribution in [2.45, 2.75) is 0 Å². The number of allylic oxidation sites excluding steroid dienone is 1. The number of pyridine rings is 1. The molecule has 3 heterocycles. The van der Waals surface area contributed by atoms with Crippen molar-refractivity contribution < 1.29 is 4.74 Å². The van der Waals surface area contributed by atoms with Crippen LogP contribution < -0.4 is 4.90 Å². The quantitative estimate of drug-likeness (QED) is 0.668. The molecule has 1 aliphatic rings. The second-order valence-electron chi connectivity index (χ2n) is 5.97. The number of imidazole rings is 1. The van der Waals surface area contributed by atoms with E-state index in [2.05, 4.69) is 54.0 Å². The van der Waals surface area contributed by atoms with Gasteiger partial charge in [0.2, 0.25) is 0 Å². The van der Waals surface area contributed by atoms with Crippen LogP contribution >= 0.6 is 15.9 Å². The number of H-pyrrole nitrogens is 1. The van der Waals surface area contributed by atoms with E-state index in [-0.39, 0.29) is 0 Å². The van der Waals surface area contributed by atoms with Crippen LogP contribution in [-0.4, -0.2) is 41.3 Å². The number of nitrogens with one attached hydrogen (secondary N) is 1. The zero-order chi connectivity index (χ0) is 17.9. The molecule has 6 nitrogen and oxygen atoms in total. The zero-order valence-electron chi connectivity index (χ0n) is 13.9. The molecule has 1 aliphatic heterocycles. The number of ether oxygens (including phenoxy) is 1. The average molecular weight is 410 g/mol. The number of aromatic amines is 1. The van der Waals surface area contributed by atoms with Crippen molar-refractivity contribution in [3.63, 3.8) is 0 Å². The molecule has 2 aromatic heterocycles. The summed E-state index contributed by atoms with van der Waals surface area (Å²) in [6.07, 6.45) is 3.52. The number of anilines is 1. The molecule has 1 aromatic carbocycles. The largest absolute Gasteiger partial charge is 0.378 e. The first-order chi connectivity index (χ1) is 12.7. The maximum atomic E-state index is 9.55. The number of hydrogen-bond donors (Lipinski definition) is 1. The fourth-order valence-electron chi connectivity index (χ4n) is 2.93. The molecule has 1 fully saturated rings. The minimum absolute atomic E-state index is 0.471. The fourth-order valence-corrected chi connectivity index (χ4v) is 3.26. The Bertz CT molecular complexity index is 997. The molecular weight excluding hydrogens is 394 g/mol. The van der Waals surface area contributed by atoms with E-state index < -0.39 is 0 Å². The van der Waals surface area contributed by atoms with Gasteiger partial charge in [-0.1, -0.05) is 12.1 Å². The minimum Gasteiger partial charge on any atom is -0.378 e. The topological polar surface area (TPSA) is 77.8 Å². The van der Waals surface area contributed by atoms with E-state index in [9.17, 15) is 5.26 Å². The molecular formula is C19H16BrN5O. The number of nitriles is 1. The molecule has 1 N–H and O–H groups in total. The lowest BCUT2D eigenvalue weighted by Gasteiger charge is -2.28. The van der Waals surface area contributed by atoms with Gasteiger partial charge in [0.25, 0.3) is 0 Å². The Morgan fingerprint density at radius 1 is 1.27 bits per heavy atom. The SMILES string of the molecule is N#C/C(=C\c1ccc(N2CCOCC2)cc1)c1nc2ncc(Br)cc2[nH]1. The van der Waals surface area contributed by atoms with E-state index >= 15 is 0 Å². The summed E-state index contributed by atoms with van der Waals surface area (Å²) in [5.41, 5.74) is 3.97. The standard InChI is InChI=1S/C19H16BrN5O/c20-15-10-17-19(22-12-15)24-18(23-17)14(11-21)9-13-1-3-16(4-2-13)25-5-7-26-8-6-25/h1-4,9-10,12H,5-8H2,(H,22,23,24)/b14-9+. The third-order valence-corrected chi connectivity index (χ3v) is 4.69. The summed E-state index contributed by atoms with van der Waals surface area (Å²) in [7, 11) is 0. The molecule has 0 atom stereocenters. The number of morpholine rings is 1. The lowest BCUT2D eigenvalue weighted by molar-refractivity contribution is 0.122. The number of halogens is 1. The fraction of sp³-hybridized carbons (Fsp3) is 0.211. The highest BCUT2D eigenvalue weighted by Gasteiger charge is 2.12. The first-order valence-electron chi connectivity index (χ1n) is 8.29. The van der Waals surface area contributed by atoms with E-state index in [1.54, 1.807) is 6.20 Å². The predicted octanol–water partition coefficient (Wildman–Crippen LogP) is 3.62. The summed E-state index contributed by atoms with van der Waals surface area (Å²) in [6, 6.07) is 12.3. The monoisotopic (exact) mass is 409 g/mol. The first-order valence-corrected chi connectivity index (χ1v) is 9.08. The Morgan fingerprint density at radius 3 is 2.77 bits per heavy atom. The van der Waals surface area contributed by atoms with Gasteiger partial charge < -0.3 is 14.6 Å². The van der Waals surface area contributed by atoms with Gasteiger partial charge in [-0.3, -0.25) is 0 Å². The highest BCUT2D eigenvalue weighted by molar-refractivity contribution is 9.10. The van der Waals surface area contributed by atoms with Crippen LogP contribution in [-0.2, 0) is 4.74 Å². The van der Waals surface area contributed by atoms with Crippen molar-refractivity contribution in [1.82, 2.24) is 15.0 Å². The summed E-state index contributed by atoms with van der Waals surface area (Å²) < 4.78 is 6.25. The second-order valence-corrected chi connectivity index (χ2v) is 6.89. The number of hydrogen-bond acceptors (Lipinski definition) is 5. The smallest absolute Gasteiger partial charge is 0.178 e. The third kappa shape index (κ3) is 3.47. The van der Waals surface area contributed by atoms with Gasteiger partial charge in [-0.05, 0) is 45.8 Å². The Balaban J connectivity index is 1.61. The van der Waals surface area contributed by atoms with E-state index in [4.69, 9.17) is 4.74 Å². The van der Waals surface area contributed by atoms with Gasteiger partial charge in [0.1, 0.15) is 6.07 Å². The van der Waals surface area contributed by atoms with Gasteiger partial charge in [-0.15, -0.1) is 0 Å². The van der Waals surface area contributed by atoms with Gasteiger partial charge in [0.15, 0.2) is 11.5 Å². The van der Waals surface area contributed by atoms with Gasteiger partial charge in [0, 0.05) is 29.4 Å². The van der Waals surface area contributed by atoms with Crippen molar-refractivity contribution in [1.29, 1.82) is 5.26 Å². The summed E-state index contributed by atoms with van der Waals surface area (Å²) in [4.78, 5) is 14.1. The molecule has 0 saturated carbocycles. The van der Waals surface area contributed by atoms with Crippen LogP contribution in [0.15, 0.2) is 41.0 Å². The molecule has 4 rings (SSSR count). The normalized spacial score (nSPS) is 15.2. The molecule has 0 amide bonds. The summed E-state index contributed by atoms with van der Waals surface area (Å²) in [5, 5.41) is 9.55.